The smallest absolute Gasteiger partial charge is 0.410 e. The first-order chi connectivity index (χ1) is 18.1. The molecule has 0 bridgehead atoms. The van der Waals surface area contributed by atoms with E-state index < -0.39 is 5.60 Å². The highest BCUT2D eigenvalue weighted by Gasteiger charge is 2.37. The molecule has 1 aliphatic carbocycles. The minimum Gasteiger partial charge on any atom is -0.444 e. The number of hydrogen-bond acceptors (Lipinski definition) is 8. The molecule has 11 nitrogen and oxygen atoms in total. The van der Waals surface area contributed by atoms with E-state index in [0.717, 1.165) is 67.2 Å². The maximum Gasteiger partial charge on any atom is 0.410 e. The molecule has 2 aromatic rings. The molecule has 0 saturated carbocycles. The summed E-state index contributed by atoms with van der Waals surface area (Å²) in [5.74, 6) is 2.42. The summed E-state index contributed by atoms with van der Waals surface area (Å²) in [5, 5.41) is 14.1. The molecule has 0 spiro atoms. The summed E-state index contributed by atoms with van der Waals surface area (Å²) in [4.78, 5) is 39.3. The summed E-state index contributed by atoms with van der Waals surface area (Å²) in [6.45, 7) is 11.6. The van der Waals surface area contributed by atoms with E-state index >= 15 is 0 Å². The van der Waals surface area contributed by atoms with E-state index in [9.17, 15) is 9.59 Å². The molecule has 2 saturated heterocycles. The van der Waals surface area contributed by atoms with Gasteiger partial charge >= 0.3 is 6.09 Å². The van der Waals surface area contributed by atoms with Gasteiger partial charge in [0, 0.05) is 43.0 Å². The van der Waals surface area contributed by atoms with Crippen molar-refractivity contribution >= 4 is 29.6 Å². The van der Waals surface area contributed by atoms with Crippen LogP contribution in [0.3, 0.4) is 0 Å². The molecule has 2 amide bonds. The lowest BCUT2D eigenvalue weighted by Gasteiger charge is -2.27. The summed E-state index contributed by atoms with van der Waals surface area (Å²) in [5.41, 5.74) is 2.70. The monoisotopic (exact) mass is 524 g/mol. The van der Waals surface area contributed by atoms with Crippen molar-refractivity contribution in [2.75, 3.05) is 29.9 Å². The molecule has 1 unspecified atom stereocenters. The number of aromatic nitrogens is 4. The van der Waals surface area contributed by atoms with Gasteiger partial charge in [0.25, 0.3) is 0 Å². The van der Waals surface area contributed by atoms with Crippen molar-refractivity contribution in [3.8, 4) is 0 Å². The molecule has 2 aliphatic heterocycles. The highest BCUT2D eigenvalue weighted by molar-refractivity contribution is 5.86. The summed E-state index contributed by atoms with van der Waals surface area (Å²) in [7, 11) is 0. The van der Waals surface area contributed by atoms with E-state index in [1.807, 2.05) is 31.7 Å². The average molecular weight is 525 g/mol. The van der Waals surface area contributed by atoms with Crippen LogP contribution in [0.2, 0.25) is 0 Å². The van der Waals surface area contributed by atoms with Gasteiger partial charge in [-0.25, -0.2) is 9.78 Å². The zero-order valence-corrected chi connectivity index (χ0v) is 23.1. The quantitative estimate of drug-likeness (QED) is 0.522. The van der Waals surface area contributed by atoms with Crippen molar-refractivity contribution in [1.82, 2.24) is 30.4 Å². The number of rotatable bonds is 6. The minimum absolute atomic E-state index is 0.0361. The fourth-order valence-corrected chi connectivity index (χ4v) is 5.42. The van der Waals surface area contributed by atoms with Crippen molar-refractivity contribution in [2.45, 2.75) is 96.7 Å². The molecule has 11 heteroatoms. The Morgan fingerprint density at radius 1 is 1.13 bits per heavy atom. The molecule has 4 heterocycles. The molecular formula is C27H40N8O3. The number of carbonyl (C=O) groups excluding carboxylic acids is 2. The first-order valence-corrected chi connectivity index (χ1v) is 13.8. The van der Waals surface area contributed by atoms with Gasteiger partial charge in [-0.15, -0.1) is 0 Å². The first kappa shape index (κ1) is 26.2. The van der Waals surface area contributed by atoms with Crippen LogP contribution in [-0.2, 0) is 22.4 Å². The Bertz CT molecular complexity index is 1190. The lowest BCUT2D eigenvalue weighted by Crippen LogP contribution is -2.48. The van der Waals surface area contributed by atoms with Crippen molar-refractivity contribution < 1.29 is 14.3 Å². The molecule has 2 fully saturated rings. The number of amides is 2. The van der Waals surface area contributed by atoms with Gasteiger partial charge in [-0.05, 0) is 65.2 Å². The van der Waals surface area contributed by atoms with Crippen molar-refractivity contribution in [1.29, 1.82) is 0 Å². The molecule has 2 atom stereocenters. The lowest BCUT2D eigenvalue weighted by molar-refractivity contribution is -0.122. The maximum absolute atomic E-state index is 13.4. The van der Waals surface area contributed by atoms with Crippen molar-refractivity contribution in [3.63, 3.8) is 0 Å². The Morgan fingerprint density at radius 3 is 2.68 bits per heavy atom. The van der Waals surface area contributed by atoms with E-state index in [1.54, 1.807) is 4.90 Å². The van der Waals surface area contributed by atoms with Crippen molar-refractivity contribution in [3.05, 3.63) is 23.0 Å². The number of ether oxygens (including phenoxy) is 1. The molecule has 3 aliphatic rings. The predicted molar refractivity (Wildman–Crippen MR) is 145 cm³/mol. The second-order valence-electron chi connectivity index (χ2n) is 11.9. The third-order valence-electron chi connectivity index (χ3n) is 7.39. The van der Waals surface area contributed by atoms with Crippen LogP contribution in [0.4, 0.5) is 22.4 Å². The highest BCUT2D eigenvalue weighted by Crippen LogP contribution is 2.33. The van der Waals surface area contributed by atoms with Crippen molar-refractivity contribution in [2.24, 2.45) is 0 Å². The Kier molecular flexibility index (Phi) is 7.19. The van der Waals surface area contributed by atoms with Gasteiger partial charge in [-0.3, -0.25) is 9.89 Å². The van der Waals surface area contributed by atoms with E-state index in [2.05, 4.69) is 34.7 Å². The third kappa shape index (κ3) is 5.71. The Labute approximate surface area is 224 Å². The third-order valence-corrected chi connectivity index (χ3v) is 7.39. The number of nitrogens with zero attached hydrogens (tertiary/aromatic N) is 5. The number of carbonyl (C=O) groups is 2. The fraction of sp³-hybridized carbons (Fsp3) is 0.667. The molecule has 206 valence electrons. The standard InChI is InChI=1S/C27H40N8O3/c1-16(2)20-14-22(33-32-20)30-23-18-8-6-9-19(18)29-25(31-23)35-12-7-10-21(35)24(36)28-17-11-13-34(15-17)26(37)38-27(3,4)5/h14,16-17,21H,6-13,15H2,1-5H3,(H,28,36)(H2,29,30,31,32,33)/t17-,21?/m0/s1. The average Bonchev–Trinajstić information content (AvgIpc) is 3.64. The van der Waals surface area contributed by atoms with Gasteiger partial charge in [-0.2, -0.15) is 10.1 Å². The first-order valence-electron chi connectivity index (χ1n) is 13.8. The molecular weight excluding hydrogens is 484 g/mol. The van der Waals surface area contributed by atoms with Crippen LogP contribution in [0.5, 0.6) is 0 Å². The second-order valence-corrected chi connectivity index (χ2v) is 11.9. The normalized spacial score (nSPS) is 21.2. The van der Waals surface area contributed by atoms with E-state index in [0.29, 0.717) is 31.4 Å². The topological polar surface area (TPSA) is 128 Å². The summed E-state index contributed by atoms with van der Waals surface area (Å²) in [6.07, 6.45) is 4.90. The van der Waals surface area contributed by atoms with Gasteiger partial charge in [-0.1, -0.05) is 13.8 Å². The second kappa shape index (κ2) is 10.4. The minimum atomic E-state index is -0.541. The van der Waals surface area contributed by atoms with Gasteiger partial charge in [0.05, 0.1) is 5.69 Å². The lowest BCUT2D eigenvalue weighted by atomic mass is 10.1. The number of fused-ring (bicyclic) bond motifs is 1. The number of likely N-dealkylation sites (tertiary alicyclic amines) is 1. The zero-order chi connectivity index (χ0) is 27.0. The summed E-state index contributed by atoms with van der Waals surface area (Å²) in [6, 6.07) is 1.59. The summed E-state index contributed by atoms with van der Waals surface area (Å²) < 4.78 is 5.49. The number of nitrogens with one attached hydrogen (secondary N) is 3. The van der Waals surface area contributed by atoms with E-state index in [-0.39, 0.29) is 24.1 Å². The zero-order valence-electron chi connectivity index (χ0n) is 23.1. The Hall–Kier alpha value is -3.37. The van der Waals surface area contributed by atoms with E-state index in [1.165, 1.54) is 0 Å². The van der Waals surface area contributed by atoms with Crippen LogP contribution in [0.1, 0.15) is 83.2 Å². The van der Waals surface area contributed by atoms with Gasteiger partial charge < -0.3 is 25.2 Å². The Morgan fingerprint density at radius 2 is 1.95 bits per heavy atom. The van der Waals surface area contributed by atoms with Crippen LogP contribution in [0.15, 0.2) is 6.07 Å². The van der Waals surface area contributed by atoms with Crippen LogP contribution in [0, 0.1) is 0 Å². The van der Waals surface area contributed by atoms with Crippen LogP contribution in [0.25, 0.3) is 0 Å². The SMILES string of the molecule is CC(C)c1cc(Nc2nc(N3CCCC3C(=O)N[C@H]3CCN(C(=O)OC(C)(C)C)C3)nc3c2CCC3)n[nH]1. The van der Waals surface area contributed by atoms with Crippen LogP contribution in [-0.4, -0.2) is 74.4 Å². The Balaban J connectivity index is 1.28. The molecule has 5 rings (SSSR count). The fourth-order valence-electron chi connectivity index (χ4n) is 5.42. The van der Waals surface area contributed by atoms with Crippen LogP contribution < -0.4 is 15.5 Å². The molecule has 2 aromatic heterocycles. The largest absolute Gasteiger partial charge is 0.444 e. The predicted octanol–water partition coefficient (Wildman–Crippen LogP) is 3.65. The number of anilines is 3. The number of hydrogen-bond donors (Lipinski definition) is 3. The number of aryl methyl sites for hydroxylation is 1. The number of aromatic amines is 1. The van der Waals surface area contributed by atoms with Gasteiger partial charge in [0.2, 0.25) is 11.9 Å². The summed E-state index contributed by atoms with van der Waals surface area (Å²) >= 11 is 0. The molecule has 0 aromatic carbocycles. The van der Waals surface area contributed by atoms with Gasteiger partial charge in [0.1, 0.15) is 17.5 Å². The van der Waals surface area contributed by atoms with Crippen LogP contribution >= 0.6 is 0 Å². The molecule has 38 heavy (non-hydrogen) atoms. The molecule has 0 radical (unpaired) electrons. The maximum atomic E-state index is 13.4. The highest BCUT2D eigenvalue weighted by atomic mass is 16.6. The van der Waals surface area contributed by atoms with Gasteiger partial charge in [0.15, 0.2) is 5.82 Å². The molecule has 3 N–H and O–H groups in total. The van der Waals surface area contributed by atoms with E-state index in [4.69, 9.17) is 14.7 Å². The number of H-pyrrole nitrogens is 1.